The lowest BCUT2D eigenvalue weighted by molar-refractivity contribution is -0.0511. The monoisotopic (exact) mass is 341 g/mol. The molecule has 1 aliphatic carbocycles. The van der Waals surface area contributed by atoms with Crippen LogP contribution >= 0.6 is 15.9 Å². The maximum Gasteiger partial charge on any atom is 0.252 e. The quantitative estimate of drug-likeness (QED) is 0.835. The van der Waals surface area contributed by atoms with Crippen molar-refractivity contribution in [1.29, 1.82) is 0 Å². The zero-order chi connectivity index (χ0) is 14.4. The van der Waals surface area contributed by atoms with Gasteiger partial charge in [0.1, 0.15) is 0 Å². The number of hydrogen-bond donors (Lipinski definition) is 2. The first kappa shape index (κ1) is 15.5. The zero-order valence-corrected chi connectivity index (χ0v) is 13.0. The van der Waals surface area contributed by atoms with Crippen LogP contribution < -0.4 is 5.32 Å². The third-order valence-corrected chi connectivity index (χ3v) is 4.40. The third-order valence-electron chi connectivity index (χ3n) is 3.70. The van der Waals surface area contributed by atoms with E-state index in [2.05, 4.69) is 21.2 Å². The lowest BCUT2D eigenvalue weighted by atomic mass is 10.0. The van der Waals surface area contributed by atoms with Gasteiger partial charge in [0.05, 0.1) is 24.4 Å². The van der Waals surface area contributed by atoms with E-state index in [1.54, 1.807) is 6.07 Å². The molecule has 20 heavy (non-hydrogen) atoms. The molecular weight excluding hydrogens is 322 g/mol. The van der Waals surface area contributed by atoms with Crippen molar-refractivity contribution in [2.45, 2.75) is 31.3 Å². The number of carbonyl (C=O) groups excluding carboxylic acids is 1. The lowest BCUT2D eigenvalue weighted by Gasteiger charge is -2.29. The number of hydrogen-bond acceptors (Lipinski definition) is 3. The highest BCUT2D eigenvalue weighted by Crippen LogP contribution is 2.32. The Balaban J connectivity index is 1.96. The molecule has 1 aromatic carbocycles. The van der Waals surface area contributed by atoms with Gasteiger partial charge in [0.15, 0.2) is 0 Å². The summed E-state index contributed by atoms with van der Waals surface area (Å²) in [7, 11) is 0. The molecule has 1 fully saturated rings. The molecule has 1 aromatic rings. The van der Waals surface area contributed by atoms with Crippen molar-refractivity contribution in [3.8, 4) is 0 Å². The second kappa shape index (κ2) is 7.20. The summed E-state index contributed by atoms with van der Waals surface area (Å²) >= 11 is 3.38. The Morgan fingerprint density at radius 1 is 1.35 bits per heavy atom. The van der Waals surface area contributed by atoms with E-state index in [4.69, 9.17) is 9.84 Å². The van der Waals surface area contributed by atoms with Crippen LogP contribution in [0.1, 0.15) is 36.0 Å². The molecule has 0 aromatic heterocycles. The molecule has 1 saturated carbocycles. The highest BCUT2D eigenvalue weighted by Gasteiger charge is 2.35. The average molecular weight is 342 g/mol. The van der Waals surface area contributed by atoms with E-state index in [1.807, 2.05) is 18.2 Å². The van der Waals surface area contributed by atoms with E-state index >= 15 is 0 Å². The van der Waals surface area contributed by atoms with Gasteiger partial charge < -0.3 is 15.2 Å². The molecule has 0 heterocycles. The van der Waals surface area contributed by atoms with Crippen LogP contribution in [-0.4, -0.2) is 36.4 Å². The molecule has 1 amide bonds. The summed E-state index contributed by atoms with van der Waals surface area (Å²) in [5.74, 6) is -0.101. The van der Waals surface area contributed by atoms with Crippen molar-refractivity contribution in [1.82, 2.24) is 5.32 Å². The number of halogens is 1. The van der Waals surface area contributed by atoms with Gasteiger partial charge >= 0.3 is 0 Å². The number of ether oxygens (including phenoxy) is 1. The Bertz CT molecular complexity index is 458. The second-order valence-corrected chi connectivity index (χ2v) is 5.98. The molecule has 0 bridgehead atoms. The smallest absolute Gasteiger partial charge is 0.252 e. The lowest BCUT2D eigenvalue weighted by Crippen LogP contribution is -2.43. The van der Waals surface area contributed by atoms with Crippen LogP contribution in [0.4, 0.5) is 0 Å². The normalized spacial score (nSPS) is 17.1. The minimum Gasteiger partial charge on any atom is -0.394 e. The predicted octanol–water partition coefficient (Wildman–Crippen LogP) is 2.50. The summed E-state index contributed by atoms with van der Waals surface area (Å²) in [6.45, 7) is 0.831. The van der Waals surface area contributed by atoms with Crippen LogP contribution in [-0.2, 0) is 4.74 Å². The van der Waals surface area contributed by atoms with Gasteiger partial charge in [-0.2, -0.15) is 0 Å². The molecule has 0 atom stereocenters. The van der Waals surface area contributed by atoms with E-state index < -0.39 is 0 Å². The van der Waals surface area contributed by atoms with Gasteiger partial charge in [-0.15, -0.1) is 0 Å². The number of aliphatic hydroxyl groups excluding tert-OH is 1. The highest BCUT2D eigenvalue weighted by atomic mass is 79.9. The van der Waals surface area contributed by atoms with E-state index in [0.717, 1.165) is 30.2 Å². The van der Waals surface area contributed by atoms with Crippen molar-refractivity contribution in [2.24, 2.45) is 0 Å². The first-order chi connectivity index (χ1) is 9.67. The van der Waals surface area contributed by atoms with Gasteiger partial charge in [0.2, 0.25) is 0 Å². The minimum absolute atomic E-state index is 0.0138. The first-order valence-corrected chi connectivity index (χ1v) is 7.74. The molecule has 0 aliphatic heterocycles. The van der Waals surface area contributed by atoms with Crippen molar-refractivity contribution >= 4 is 21.8 Å². The molecule has 5 heteroatoms. The summed E-state index contributed by atoms with van der Waals surface area (Å²) in [6, 6.07) is 7.36. The molecule has 0 saturated heterocycles. The van der Waals surface area contributed by atoms with Gasteiger partial charge in [0, 0.05) is 11.0 Å². The summed E-state index contributed by atoms with van der Waals surface area (Å²) in [5, 5.41) is 11.9. The van der Waals surface area contributed by atoms with Gasteiger partial charge in [0.25, 0.3) is 5.91 Å². The number of nitrogens with one attached hydrogen (secondary N) is 1. The molecule has 2 rings (SSSR count). The number of aliphatic hydroxyl groups is 1. The van der Waals surface area contributed by atoms with Gasteiger partial charge in [-0.25, -0.2) is 0 Å². The van der Waals surface area contributed by atoms with Crippen molar-refractivity contribution in [3.05, 3.63) is 34.3 Å². The molecule has 0 unspecified atom stereocenters. The summed E-state index contributed by atoms with van der Waals surface area (Å²) in [5.41, 5.74) is 0.322. The van der Waals surface area contributed by atoms with Crippen LogP contribution in [0.25, 0.3) is 0 Å². The summed E-state index contributed by atoms with van der Waals surface area (Å²) < 4.78 is 6.57. The predicted molar refractivity (Wildman–Crippen MR) is 80.7 cm³/mol. The molecular formula is C15H20BrNO3. The van der Waals surface area contributed by atoms with Crippen LogP contribution in [0.3, 0.4) is 0 Å². The molecule has 0 radical (unpaired) electrons. The number of amides is 1. The van der Waals surface area contributed by atoms with E-state index in [1.165, 1.54) is 0 Å². The van der Waals surface area contributed by atoms with Gasteiger partial charge in [-0.3, -0.25) is 4.79 Å². The Hall–Kier alpha value is -0.910. The molecule has 4 nitrogen and oxygen atoms in total. The Kier molecular flexibility index (Phi) is 5.57. The standard InChI is InChI=1S/C15H20BrNO3/c16-13-6-2-1-5-12(13)14(19)17-11-15(20-10-9-18)7-3-4-8-15/h1-2,5-6,18H,3-4,7-11H2,(H,17,19). The largest absolute Gasteiger partial charge is 0.394 e. The fourth-order valence-corrected chi connectivity index (χ4v) is 3.10. The van der Waals surface area contributed by atoms with Crippen molar-refractivity contribution in [2.75, 3.05) is 19.8 Å². The molecule has 0 spiro atoms. The number of carbonyl (C=O) groups is 1. The SMILES string of the molecule is O=C(NCC1(OCCO)CCCC1)c1ccccc1Br. The Labute approximate surface area is 127 Å². The van der Waals surface area contributed by atoms with E-state index in [-0.39, 0.29) is 18.1 Å². The zero-order valence-electron chi connectivity index (χ0n) is 11.4. The second-order valence-electron chi connectivity index (χ2n) is 5.12. The maximum absolute atomic E-state index is 12.2. The van der Waals surface area contributed by atoms with Crippen molar-refractivity contribution < 1.29 is 14.6 Å². The first-order valence-electron chi connectivity index (χ1n) is 6.94. The molecule has 2 N–H and O–H groups in total. The minimum atomic E-state index is -0.306. The fraction of sp³-hybridized carbons (Fsp3) is 0.533. The molecule has 110 valence electrons. The Morgan fingerprint density at radius 3 is 2.70 bits per heavy atom. The van der Waals surface area contributed by atoms with Crippen LogP contribution in [0.15, 0.2) is 28.7 Å². The van der Waals surface area contributed by atoms with Gasteiger partial charge in [-0.1, -0.05) is 25.0 Å². The maximum atomic E-state index is 12.2. The van der Waals surface area contributed by atoms with Crippen LogP contribution in [0.2, 0.25) is 0 Å². The van der Waals surface area contributed by atoms with Crippen LogP contribution in [0.5, 0.6) is 0 Å². The third kappa shape index (κ3) is 3.81. The number of benzene rings is 1. The van der Waals surface area contributed by atoms with Gasteiger partial charge in [-0.05, 0) is 40.9 Å². The average Bonchev–Trinajstić information content (AvgIpc) is 2.92. The summed E-state index contributed by atoms with van der Waals surface area (Å²) in [6.07, 6.45) is 4.08. The Morgan fingerprint density at radius 2 is 2.05 bits per heavy atom. The summed E-state index contributed by atoms with van der Waals surface area (Å²) in [4.78, 5) is 12.2. The molecule has 1 aliphatic rings. The number of rotatable bonds is 6. The highest BCUT2D eigenvalue weighted by molar-refractivity contribution is 9.10. The van der Waals surface area contributed by atoms with E-state index in [9.17, 15) is 4.79 Å². The topological polar surface area (TPSA) is 58.6 Å². The van der Waals surface area contributed by atoms with Crippen molar-refractivity contribution in [3.63, 3.8) is 0 Å². The fourth-order valence-electron chi connectivity index (χ4n) is 2.64. The van der Waals surface area contributed by atoms with E-state index in [0.29, 0.717) is 18.7 Å². The van der Waals surface area contributed by atoms with Crippen LogP contribution in [0, 0.1) is 0 Å².